The van der Waals surface area contributed by atoms with Gasteiger partial charge in [0.05, 0.1) is 0 Å². The van der Waals surface area contributed by atoms with Gasteiger partial charge in [-0.05, 0) is 93.1 Å². The Morgan fingerprint density at radius 3 is 1.95 bits per heavy atom. The number of rotatable bonds is 9. The van der Waals surface area contributed by atoms with E-state index in [0.717, 1.165) is 32.0 Å². The van der Waals surface area contributed by atoms with Crippen LogP contribution in [0.3, 0.4) is 0 Å². The first-order valence-electron chi connectivity index (χ1n) is 14.9. The van der Waals surface area contributed by atoms with Gasteiger partial charge in [-0.15, -0.1) is 0 Å². The highest BCUT2D eigenvalue weighted by atomic mass is 16.1. The Morgan fingerprint density at radius 2 is 1.43 bits per heavy atom. The zero-order valence-electron chi connectivity index (χ0n) is 23.2. The molecule has 2 aromatic carbocycles. The quantitative estimate of drug-likeness (QED) is 0.454. The molecule has 200 valence electrons. The molecule has 0 spiro atoms. The molecule has 3 aliphatic carbocycles. The smallest absolute Gasteiger partial charge is 0.221 e. The molecule has 4 nitrogen and oxygen atoms in total. The maximum Gasteiger partial charge on any atom is 0.221 e. The number of likely N-dealkylation sites (tertiary alicyclic amines) is 1. The van der Waals surface area contributed by atoms with Crippen molar-refractivity contribution in [1.29, 1.82) is 0 Å². The molecule has 2 bridgehead atoms. The van der Waals surface area contributed by atoms with Crippen LogP contribution in [-0.4, -0.2) is 60.0 Å². The van der Waals surface area contributed by atoms with Crippen molar-refractivity contribution >= 4 is 5.91 Å². The molecule has 1 heterocycles. The van der Waals surface area contributed by atoms with Crippen LogP contribution < -0.4 is 5.32 Å². The van der Waals surface area contributed by atoms with Crippen LogP contribution >= 0.6 is 0 Å². The highest BCUT2D eigenvalue weighted by Gasteiger charge is 2.58. The number of nitrogens with one attached hydrogen (secondary N) is 1. The van der Waals surface area contributed by atoms with E-state index in [-0.39, 0.29) is 17.5 Å². The van der Waals surface area contributed by atoms with E-state index in [4.69, 9.17) is 0 Å². The first-order valence-corrected chi connectivity index (χ1v) is 14.9. The predicted octanol–water partition coefficient (Wildman–Crippen LogP) is 6.06. The van der Waals surface area contributed by atoms with Gasteiger partial charge in [0.1, 0.15) is 0 Å². The standard InChI is InChI=1S/C33H47N3O/c1-4-35(5-2)19-18-31(37)34-30-24-33(36-20-16-25(3)17-21-36)22-28(26-12-8-6-9-13-26)32(30)29(23-33)27-14-10-7-11-15-27/h6-15,25,28-30,32H,4-5,16-24H2,1-3H3,(H,34,37)/t28-,29-,30-,32?,33?/m0/s1. The molecule has 1 saturated heterocycles. The van der Waals surface area contributed by atoms with Crippen molar-refractivity contribution in [3.8, 4) is 0 Å². The van der Waals surface area contributed by atoms with Crippen molar-refractivity contribution in [3.63, 3.8) is 0 Å². The Morgan fingerprint density at radius 1 is 0.892 bits per heavy atom. The van der Waals surface area contributed by atoms with Crippen LogP contribution in [0.2, 0.25) is 0 Å². The Labute approximate surface area is 224 Å². The lowest BCUT2D eigenvalue weighted by atomic mass is 9.50. The summed E-state index contributed by atoms with van der Waals surface area (Å²) in [5, 5.41) is 3.63. The summed E-state index contributed by atoms with van der Waals surface area (Å²) in [6, 6.07) is 22.6. The van der Waals surface area contributed by atoms with Crippen molar-refractivity contribution in [3.05, 3.63) is 71.8 Å². The van der Waals surface area contributed by atoms with Gasteiger partial charge in [0, 0.05) is 24.5 Å². The number of hydrogen-bond acceptors (Lipinski definition) is 3. The third-order valence-corrected chi connectivity index (χ3v) is 10.00. The van der Waals surface area contributed by atoms with Gasteiger partial charge < -0.3 is 10.2 Å². The zero-order chi connectivity index (χ0) is 25.8. The molecular formula is C33H47N3O. The number of piperidine rings is 1. The second-order valence-electron chi connectivity index (χ2n) is 12.1. The molecule has 4 aliphatic rings. The predicted molar refractivity (Wildman–Crippen MR) is 153 cm³/mol. The molecule has 4 heteroatoms. The van der Waals surface area contributed by atoms with Gasteiger partial charge in [-0.25, -0.2) is 0 Å². The molecule has 3 atom stereocenters. The summed E-state index contributed by atoms with van der Waals surface area (Å²) >= 11 is 0. The average Bonchev–Trinajstić information content (AvgIpc) is 2.94. The first kappa shape index (κ1) is 26.4. The maximum atomic E-state index is 13.4. The summed E-state index contributed by atoms with van der Waals surface area (Å²) in [6.07, 6.45) is 6.69. The van der Waals surface area contributed by atoms with Gasteiger partial charge in [0.2, 0.25) is 5.91 Å². The molecule has 0 radical (unpaired) electrons. The third-order valence-electron chi connectivity index (χ3n) is 10.00. The summed E-state index contributed by atoms with van der Waals surface area (Å²) in [5.74, 6) is 2.39. The molecule has 3 saturated carbocycles. The van der Waals surface area contributed by atoms with Gasteiger partial charge in [0.15, 0.2) is 0 Å². The highest BCUT2D eigenvalue weighted by Crippen LogP contribution is 2.60. The summed E-state index contributed by atoms with van der Waals surface area (Å²) < 4.78 is 0. The molecule has 4 fully saturated rings. The second-order valence-corrected chi connectivity index (χ2v) is 12.1. The number of amides is 1. The molecule has 6 rings (SSSR count). The Bertz CT molecular complexity index is 947. The summed E-state index contributed by atoms with van der Waals surface area (Å²) in [5.41, 5.74) is 3.04. The Hall–Kier alpha value is -2.17. The van der Waals surface area contributed by atoms with Crippen molar-refractivity contribution in [1.82, 2.24) is 15.1 Å². The van der Waals surface area contributed by atoms with Crippen molar-refractivity contribution in [2.75, 3.05) is 32.7 Å². The van der Waals surface area contributed by atoms with E-state index < -0.39 is 0 Å². The fourth-order valence-electron chi connectivity index (χ4n) is 7.90. The monoisotopic (exact) mass is 501 g/mol. The Balaban J connectivity index is 1.49. The lowest BCUT2D eigenvalue weighted by molar-refractivity contribution is -0.125. The zero-order valence-corrected chi connectivity index (χ0v) is 23.2. The topological polar surface area (TPSA) is 35.6 Å². The normalized spacial score (nSPS) is 30.5. The summed E-state index contributed by atoms with van der Waals surface area (Å²) in [7, 11) is 0. The Kier molecular flexibility index (Phi) is 8.36. The van der Waals surface area contributed by atoms with E-state index in [0.29, 0.717) is 24.2 Å². The van der Waals surface area contributed by atoms with Gasteiger partial charge >= 0.3 is 0 Å². The molecule has 0 unspecified atom stereocenters. The largest absolute Gasteiger partial charge is 0.353 e. The molecular weight excluding hydrogens is 454 g/mol. The SMILES string of the molecule is CCN(CC)CCC(=O)N[C@H]1CC2(N3CCC(C)CC3)C[C@@H](c3ccccc3)C1[C@H](c1ccccc1)C2. The van der Waals surface area contributed by atoms with Crippen LogP contribution in [0.15, 0.2) is 60.7 Å². The fourth-order valence-corrected chi connectivity index (χ4v) is 7.90. The summed E-state index contributed by atoms with van der Waals surface area (Å²) in [6.45, 7) is 12.0. The van der Waals surface area contributed by atoms with Crippen molar-refractivity contribution in [2.24, 2.45) is 11.8 Å². The lowest BCUT2D eigenvalue weighted by Gasteiger charge is -2.63. The maximum absolute atomic E-state index is 13.4. The average molecular weight is 502 g/mol. The fraction of sp³-hybridized carbons (Fsp3) is 0.606. The number of hydrogen-bond donors (Lipinski definition) is 1. The summed E-state index contributed by atoms with van der Waals surface area (Å²) in [4.78, 5) is 18.6. The molecule has 1 aliphatic heterocycles. The molecule has 37 heavy (non-hydrogen) atoms. The number of fused-ring (bicyclic) bond motifs is 3. The van der Waals surface area contributed by atoms with Gasteiger partial charge in [0.25, 0.3) is 0 Å². The van der Waals surface area contributed by atoms with Crippen LogP contribution in [-0.2, 0) is 4.79 Å². The van der Waals surface area contributed by atoms with E-state index in [1.807, 2.05) is 0 Å². The molecule has 1 amide bonds. The van der Waals surface area contributed by atoms with E-state index >= 15 is 0 Å². The lowest BCUT2D eigenvalue weighted by Crippen LogP contribution is -2.66. The van der Waals surface area contributed by atoms with Crippen LogP contribution in [0.1, 0.15) is 82.3 Å². The number of benzene rings is 2. The minimum Gasteiger partial charge on any atom is -0.353 e. The first-order chi connectivity index (χ1) is 18.0. The van der Waals surface area contributed by atoms with E-state index in [9.17, 15) is 4.79 Å². The van der Waals surface area contributed by atoms with Crippen molar-refractivity contribution in [2.45, 2.75) is 82.7 Å². The van der Waals surface area contributed by atoms with Gasteiger partial charge in [-0.3, -0.25) is 9.69 Å². The number of nitrogens with zero attached hydrogens (tertiary/aromatic N) is 2. The molecule has 1 N–H and O–H groups in total. The number of carbonyl (C=O) groups excluding carboxylic acids is 1. The minimum absolute atomic E-state index is 0.146. The van der Waals surface area contributed by atoms with E-state index in [1.54, 1.807) is 0 Å². The van der Waals surface area contributed by atoms with Crippen LogP contribution in [0.5, 0.6) is 0 Å². The third kappa shape index (κ3) is 5.66. The highest BCUT2D eigenvalue weighted by molar-refractivity contribution is 5.76. The van der Waals surface area contributed by atoms with E-state index in [1.165, 1.54) is 49.9 Å². The van der Waals surface area contributed by atoms with Gasteiger partial charge in [-0.1, -0.05) is 81.4 Å². The van der Waals surface area contributed by atoms with Crippen LogP contribution in [0.4, 0.5) is 0 Å². The minimum atomic E-state index is 0.146. The molecule has 0 aromatic heterocycles. The van der Waals surface area contributed by atoms with Crippen molar-refractivity contribution < 1.29 is 4.79 Å². The number of carbonyl (C=O) groups is 1. The van der Waals surface area contributed by atoms with Gasteiger partial charge in [-0.2, -0.15) is 0 Å². The molecule has 2 aromatic rings. The van der Waals surface area contributed by atoms with Crippen LogP contribution in [0.25, 0.3) is 0 Å². The van der Waals surface area contributed by atoms with Crippen LogP contribution in [0, 0.1) is 11.8 Å². The second kappa shape index (κ2) is 11.7. The van der Waals surface area contributed by atoms with E-state index in [2.05, 4.69) is 96.6 Å².